The van der Waals surface area contributed by atoms with Crippen molar-refractivity contribution in [2.24, 2.45) is 5.92 Å². The van der Waals surface area contributed by atoms with E-state index in [1.54, 1.807) is 6.20 Å². The molecule has 4 rings (SSSR count). The molecule has 2 aliphatic rings. The van der Waals surface area contributed by atoms with Gasteiger partial charge in [0.15, 0.2) is 0 Å². The molecule has 0 aliphatic carbocycles. The Labute approximate surface area is 191 Å². The third-order valence-electron chi connectivity index (χ3n) is 6.43. The van der Waals surface area contributed by atoms with Gasteiger partial charge in [0.1, 0.15) is 17.7 Å². The van der Waals surface area contributed by atoms with E-state index in [1.807, 2.05) is 17.2 Å². The van der Waals surface area contributed by atoms with E-state index in [0.29, 0.717) is 12.5 Å². The minimum Gasteiger partial charge on any atom is -0.490 e. The molecule has 0 radical (unpaired) electrons. The molecule has 0 spiro atoms. The number of likely N-dealkylation sites (tertiary alicyclic amines) is 1. The number of H-pyrrole nitrogens is 1. The number of amides is 1. The molecular weight excluding hydrogens is 404 g/mol. The van der Waals surface area contributed by atoms with Crippen LogP contribution in [0.5, 0.6) is 5.75 Å². The largest absolute Gasteiger partial charge is 0.490 e. The molecule has 7 nitrogen and oxygen atoms in total. The molecule has 32 heavy (non-hydrogen) atoms. The van der Waals surface area contributed by atoms with Crippen molar-refractivity contribution < 1.29 is 14.3 Å². The van der Waals surface area contributed by atoms with Gasteiger partial charge in [-0.3, -0.25) is 9.69 Å². The molecule has 1 N–H and O–H groups in total. The van der Waals surface area contributed by atoms with Crippen LogP contribution in [0.25, 0.3) is 0 Å². The van der Waals surface area contributed by atoms with Crippen molar-refractivity contribution in [2.75, 3.05) is 26.7 Å². The van der Waals surface area contributed by atoms with Crippen LogP contribution in [0.15, 0.2) is 36.7 Å². The predicted molar refractivity (Wildman–Crippen MR) is 123 cm³/mol. The van der Waals surface area contributed by atoms with Gasteiger partial charge in [-0.2, -0.15) is 0 Å². The second-order valence-corrected chi connectivity index (χ2v) is 9.80. The average Bonchev–Trinajstić information content (AvgIpc) is 3.26. The molecule has 3 heterocycles. The van der Waals surface area contributed by atoms with Gasteiger partial charge >= 0.3 is 0 Å². The fourth-order valence-electron chi connectivity index (χ4n) is 4.81. The van der Waals surface area contributed by atoms with E-state index in [9.17, 15) is 4.79 Å². The zero-order valence-corrected chi connectivity index (χ0v) is 19.5. The Morgan fingerprint density at radius 1 is 1.28 bits per heavy atom. The lowest BCUT2D eigenvalue weighted by Crippen LogP contribution is -2.47. The monoisotopic (exact) mass is 440 g/mol. The lowest BCUT2D eigenvalue weighted by Gasteiger charge is -2.39. The van der Waals surface area contributed by atoms with Crippen LogP contribution in [0.2, 0.25) is 0 Å². The molecule has 2 saturated heterocycles. The highest BCUT2D eigenvalue weighted by Gasteiger charge is 2.36. The Balaban J connectivity index is 1.25. The van der Waals surface area contributed by atoms with E-state index >= 15 is 0 Å². The maximum absolute atomic E-state index is 13.0. The average molecular weight is 441 g/mol. The van der Waals surface area contributed by atoms with Crippen molar-refractivity contribution >= 4 is 5.91 Å². The minimum absolute atomic E-state index is 0.0890. The number of nitrogens with one attached hydrogen (secondary N) is 1. The summed E-state index contributed by atoms with van der Waals surface area (Å²) in [5.74, 6) is 2.25. The van der Waals surface area contributed by atoms with Crippen molar-refractivity contribution in [3.63, 3.8) is 0 Å². The molecule has 2 fully saturated rings. The minimum atomic E-state index is -0.197. The molecule has 0 bridgehead atoms. The van der Waals surface area contributed by atoms with Crippen molar-refractivity contribution in [2.45, 2.75) is 64.3 Å². The van der Waals surface area contributed by atoms with Gasteiger partial charge in [0, 0.05) is 57.4 Å². The number of imidazole rings is 1. The highest BCUT2D eigenvalue weighted by Crippen LogP contribution is 2.31. The summed E-state index contributed by atoms with van der Waals surface area (Å²) in [4.78, 5) is 24.7. The first kappa shape index (κ1) is 22.8. The van der Waals surface area contributed by atoms with Crippen LogP contribution in [0.3, 0.4) is 0 Å². The summed E-state index contributed by atoms with van der Waals surface area (Å²) in [5, 5.41) is 0. The Hall–Kier alpha value is -2.38. The van der Waals surface area contributed by atoms with Crippen molar-refractivity contribution in [1.29, 1.82) is 0 Å². The third kappa shape index (κ3) is 6.11. The van der Waals surface area contributed by atoms with Crippen molar-refractivity contribution in [1.82, 2.24) is 19.8 Å². The van der Waals surface area contributed by atoms with Crippen molar-refractivity contribution in [3.8, 4) is 5.75 Å². The van der Waals surface area contributed by atoms with E-state index in [1.165, 1.54) is 5.56 Å². The number of nitrogens with zero attached hydrogens (tertiary/aromatic N) is 3. The number of hydrogen-bond acceptors (Lipinski definition) is 5. The van der Waals surface area contributed by atoms with E-state index < -0.39 is 0 Å². The van der Waals surface area contributed by atoms with E-state index in [0.717, 1.165) is 63.4 Å². The van der Waals surface area contributed by atoms with Crippen LogP contribution in [-0.2, 0) is 22.6 Å². The summed E-state index contributed by atoms with van der Waals surface area (Å²) in [5.41, 5.74) is 1.02. The fourth-order valence-corrected chi connectivity index (χ4v) is 4.81. The van der Waals surface area contributed by atoms with Crippen LogP contribution in [0, 0.1) is 5.92 Å². The van der Waals surface area contributed by atoms with E-state index in [-0.39, 0.29) is 17.6 Å². The van der Waals surface area contributed by atoms with E-state index in [4.69, 9.17) is 9.47 Å². The standard InChI is InChI=1S/C25H36N4O3/c1-25(2)16-20(9-14-31-25)24(30)29-12-7-21(8-13-29)32-22-6-4-5-19(15-22)17-28(3)18-23-26-10-11-27-23/h4-6,10-11,15,20-21H,7-9,12-14,16-18H2,1-3H3,(H,26,27)/t20-/m0/s1. The van der Waals surface area contributed by atoms with Gasteiger partial charge in [-0.1, -0.05) is 12.1 Å². The molecule has 2 aliphatic heterocycles. The number of aromatic nitrogens is 2. The first-order chi connectivity index (χ1) is 15.4. The molecule has 1 aromatic heterocycles. The Kier molecular flexibility index (Phi) is 7.16. The Morgan fingerprint density at radius 3 is 2.81 bits per heavy atom. The zero-order chi connectivity index (χ0) is 22.6. The lowest BCUT2D eigenvalue weighted by molar-refractivity contribution is -0.147. The molecule has 174 valence electrons. The highest BCUT2D eigenvalue weighted by atomic mass is 16.5. The number of benzene rings is 1. The van der Waals surface area contributed by atoms with Gasteiger partial charge in [-0.15, -0.1) is 0 Å². The van der Waals surface area contributed by atoms with Crippen LogP contribution >= 0.6 is 0 Å². The molecule has 1 aromatic carbocycles. The van der Waals surface area contributed by atoms with Crippen LogP contribution in [0.4, 0.5) is 0 Å². The summed E-state index contributed by atoms with van der Waals surface area (Å²) < 4.78 is 12.1. The number of aromatic amines is 1. The van der Waals surface area contributed by atoms with E-state index in [2.05, 4.69) is 54.0 Å². The molecule has 1 amide bonds. The Morgan fingerprint density at radius 2 is 2.09 bits per heavy atom. The lowest BCUT2D eigenvalue weighted by atomic mass is 9.87. The second kappa shape index (κ2) is 10.0. The number of hydrogen-bond donors (Lipinski definition) is 1. The summed E-state index contributed by atoms with van der Waals surface area (Å²) in [6.45, 7) is 7.97. The van der Waals surface area contributed by atoms with Crippen LogP contribution in [0.1, 0.15) is 50.9 Å². The van der Waals surface area contributed by atoms with Crippen LogP contribution < -0.4 is 4.74 Å². The Bertz CT molecular complexity index is 875. The summed E-state index contributed by atoms with van der Waals surface area (Å²) in [6.07, 6.45) is 7.17. The predicted octanol–water partition coefficient (Wildman–Crippen LogP) is 3.62. The third-order valence-corrected chi connectivity index (χ3v) is 6.43. The maximum Gasteiger partial charge on any atom is 0.225 e. The molecule has 0 saturated carbocycles. The number of carbonyl (C=O) groups is 1. The summed E-state index contributed by atoms with van der Waals surface area (Å²) in [6, 6.07) is 8.33. The second-order valence-electron chi connectivity index (χ2n) is 9.80. The number of ether oxygens (including phenoxy) is 2. The van der Waals surface area contributed by atoms with Crippen molar-refractivity contribution in [3.05, 3.63) is 48.0 Å². The first-order valence-electron chi connectivity index (χ1n) is 11.7. The summed E-state index contributed by atoms with van der Waals surface area (Å²) >= 11 is 0. The summed E-state index contributed by atoms with van der Waals surface area (Å²) in [7, 11) is 2.09. The quantitative estimate of drug-likeness (QED) is 0.712. The van der Waals surface area contributed by atoms with Gasteiger partial charge in [0.25, 0.3) is 0 Å². The zero-order valence-electron chi connectivity index (χ0n) is 19.5. The molecular formula is C25H36N4O3. The SMILES string of the molecule is CN(Cc1cccc(OC2CCN(C(=O)[C@H]3CCOC(C)(C)C3)CC2)c1)Cc1ncc[nH]1. The van der Waals surface area contributed by atoms with Gasteiger partial charge in [0.05, 0.1) is 12.1 Å². The highest BCUT2D eigenvalue weighted by molar-refractivity contribution is 5.79. The number of piperidine rings is 1. The molecule has 0 unspecified atom stereocenters. The number of carbonyl (C=O) groups excluding carboxylic acids is 1. The first-order valence-corrected chi connectivity index (χ1v) is 11.7. The molecule has 2 aromatic rings. The normalized spacial score (nSPS) is 21.6. The maximum atomic E-state index is 13.0. The fraction of sp³-hybridized carbons (Fsp3) is 0.600. The molecule has 1 atom stereocenters. The van der Waals surface area contributed by atoms with Gasteiger partial charge in [-0.25, -0.2) is 4.98 Å². The number of rotatable bonds is 7. The topological polar surface area (TPSA) is 70.7 Å². The van der Waals surface area contributed by atoms with Gasteiger partial charge in [-0.05, 0) is 51.4 Å². The van der Waals surface area contributed by atoms with Gasteiger partial charge < -0.3 is 19.4 Å². The van der Waals surface area contributed by atoms with Crippen LogP contribution in [-0.4, -0.2) is 64.1 Å². The smallest absolute Gasteiger partial charge is 0.225 e. The molecule has 7 heteroatoms. The van der Waals surface area contributed by atoms with Gasteiger partial charge in [0.2, 0.25) is 5.91 Å².